The van der Waals surface area contributed by atoms with Crippen LogP contribution in [0.15, 0.2) is 24.3 Å². The third kappa shape index (κ3) is 4.68. The molecule has 0 aromatic heterocycles. The Bertz CT molecular complexity index is 671. The van der Waals surface area contributed by atoms with Crippen LogP contribution in [0.3, 0.4) is 0 Å². The van der Waals surface area contributed by atoms with E-state index in [1.54, 1.807) is 0 Å². The zero-order valence-electron chi connectivity index (χ0n) is 12.7. The van der Waals surface area contributed by atoms with Gasteiger partial charge in [-0.1, -0.05) is 18.2 Å². The zero-order valence-corrected chi connectivity index (χ0v) is 13.6. The van der Waals surface area contributed by atoms with Crippen molar-refractivity contribution in [1.29, 1.82) is 0 Å². The van der Waals surface area contributed by atoms with Crippen LogP contribution in [0.1, 0.15) is 25.8 Å². The van der Waals surface area contributed by atoms with E-state index in [-0.39, 0.29) is 5.56 Å². The van der Waals surface area contributed by atoms with Gasteiger partial charge in [-0.3, -0.25) is 14.2 Å². The van der Waals surface area contributed by atoms with Crippen LogP contribution in [0.4, 0.5) is 4.39 Å². The number of benzene rings is 1. The van der Waals surface area contributed by atoms with Gasteiger partial charge in [-0.25, -0.2) is 4.39 Å². The number of hydrogen-bond acceptors (Lipinski definition) is 4. The topological polar surface area (TPSA) is 138 Å². The largest absolute Gasteiger partial charge is 0.480 e. The highest BCUT2D eigenvalue weighted by atomic mass is 31.2. The maximum Gasteiger partial charge on any atom is 0.326 e. The van der Waals surface area contributed by atoms with Crippen LogP contribution in [0.5, 0.6) is 0 Å². The van der Waals surface area contributed by atoms with Crippen LogP contribution in [-0.4, -0.2) is 38.3 Å². The van der Waals surface area contributed by atoms with Gasteiger partial charge in [0, 0.05) is 12.0 Å². The number of hydrogen-bond donors (Lipinski definition) is 4. The summed E-state index contributed by atoms with van der Waals surface area (Å²) < 4.78 is 25.5. The highest BCUT2D eigenvalue weighted by molar-refractivity contribution is 7.51. The number of Topliss-reactive ketones (excluding diaryl/α,β-unsaturated/α-hetero) is 1. The molecule has 0 fully saturated rings. The van der Waals surface area contributed by atoms with Crippen molar-refractivity contribution in [3.05, 3.63) is 35.6 Å². The molecule has 2 atom stereocenters. The summed E-state index contributed by atoms with van der Waals surface area (Å²) in [6.07, 6.45) is -1.65. The number of carboxylic acids is 1. The number of aliphatic carboxylic acids is 1. The molecule has 0 aliphatic carbocycles. The fourth-order valence-corrected chi connectivity index (χ4v) is 3.42. The summed E-state index contributed by atoms with van der Waals surface area (Å²) in [4.78, 5) is 42.1. The van der Waals surface area contributed by atoms with Gasteiger partial charge in [-0.2, -0.15) is 0 Å². The second-order valence-corrected chi connectivity index (χ2v) is 7.60. The van der Waals surface area contributed by atoms with Crippen LogP contribution in [-0.2, 0) is 19.6 Å². The molecule has 1 aromatic carbocycles. The molecule has 0 saturated carbocycles. The summed E-state index contributed by atoms with van der Waals surface area (Å²) in [7, 11) is -4.69. The molecule has 9 heteroatoms. The molecule has 1 aromatic rings. The summed E-state index contributed by atoms with van der Waals surface area (Å²) in [5, 5.41) is 9.01. The van der Waals surface area contributed by atoms with Crippen molar-refractivity contribution in [1.82, 2.24) is 0 Å². The lowest BCUT2D eigenvalue weighted by Crippen LogP contribution is -2.50. The monoisotopic (exact) mass is 347 g/mol. The smallest absolute Gasteiger partial charge is 0.326 e. The average Bonchev–Trinajstić information content (AvgIpc) is 2.36. The summed E-state index contributed by atoms with van der Waals surface area (Å²) in [6.45, 7) is 2.28. The number of carboxylic acid groups (broad SMARTS) is 1. The average molecular weight is 347 g/mol. The maximum atomic E-state index is 14.1. The second-order valence-electron chi connectivity index (χ2n) is 5.96. The van der Waals surface area contributed by atoms with Gasteiger partial charge in [0.25, 0.3) is 0 Å². The summed E-state index contributed by atoms with van der Waals surface area (Å²) >= 11 is 0. The summed E-state index contributed by atoms with van der Waals surface area (Å²) in [6, 6.07) is 5.07. The predicted molar refractivity (Wildman–Crippen MR) is 80.5 cm³/mol. The van der Waals surface area contributed by atoms with Crippen molar-refractivity contribution >= 4 is 19.3 Å². The molecule has 0 radical (unpaired) electrons. The Hall–Kier alpha value is -1.60. The molecule has 1 rings (SSSR count). The van der Waals surface area contributed by atoms with Crippen molar-refractivity contribution in [2.24, 2.45) is 5.73 Å². The molecular weight excluding hydrogens is 328 g/mol. The molecule has 23 heavy (non-hydrogen) atoms. The number of carbonyl (C=O) groups is 2. The SMILES string of the molecule is CC(N)(CC(=O)C(C)(CP(=O)(O)O)c1ccccc1F)C(=O)O. The third-order valence-corrected chi connectivity index (χ3v) is 4.67. The number of rotatable bonds is 7. The number of ketones is 1. The Morgan fingerprint density at radius 1 is 1.26 bits per heavy atom. The van der Waals surface area contributed by atoms with E-state index in [9.17, 15) is 28.3 Å². The molecule has 7 nitrogen and oxygen atoms in total. The van der Waals surface area contributed by atoms with E-state index in [0.29, 0.717) is 0 Å². The lowest BCUT2D eigenvalue weighted by atomic mass is 9.76. The first-order valence-corrected chi connectivity index (χ1v) is 8.44. The van der Waals surface area contributed by atoms with Crippen molar-refractivity contribution in [2.75, 3.05) is 6.16 Å². The van der Waals surface area contributed by atoms with E-state index >= 15 is 0 Å². The van der Waals surface area contributed by atoms with E-state index < -0.39 is 48.7 Å². The van der Waals surface area contributed by atoms with Crippen LogP contribution in [0, 0.1) is 5.82 Å². The molecule has 0 heterocycles. The predicted octanol–water partition coefficient (Wildman–Crippen LogP) is 1.02. The molecule has 2 unspecified atom stereocenters. The summed E-state index contributed by atoms with van der Waals surface area (Å²) in [5.74, 6) is -3.12. The third-order valence-electron chi connectivity index (χ3n) is 3.62. The van der Waals surface area contributed by atoms with Gasteiger partial charge in [0.15, 0.2) is 0 Å². The van der Waals surface area contributed by atoms with Gasteiger partial charge in [0.05, 0.1) is 11.6 Å². The highest BCUT2D eigenvalue weighted by Crippen LogP contribution is 2.45. The standard InChI is InChI=1S/C14H19FNO6P/c1-13(8-23(20,21)22,9-5-3-4-6-10(9)15)11(17)7-14(2,16)12(18)19/h3-6H,7-8,16H2,1-2H3,(H,18,19)(H2,20,21,22). The molecule has 0 aliphatic rings. The van der Waals surface area contributed by atoms with E-state index in [4.69, 9.17) is 10.8 Å². The van der Waals surface area contributed by atoms with Gasteiger partial charge >= 0.3 is 13.6 Å². The Kier molecular flexibility index (Phi) is 5.49. The number of halogens is 1. The van der Waals surface area contributed by atoms with Crippen LogP contribution < -0.4 is 5.73 Å². The Morgan fingerprint density at radius 3 is 2.22 bits per heavy atom. The Morgan fingerprint density at radius 2 is 1.78 bits per heavy atom. The minimum Gasteiger partial charge on any atom is -0.480 e. The van der Waals surface area contributed by atoms with Gasteiger partial charge in [0.1, 0.15) is 17.1 Å². The number of nitrogens with two attached hydrogens (primary N) is 1. The molecule has 128 valence electrons. The normalized spacial score (nSPS) is 17.1. The van der Waals surface area contributed by atoms with Gasteiger partial charge in [-0.15, -0.1) is 0 Å². The zero-order chi connectivity index (χ0) is 18.1. The fourth-order valence-electron chi connectivity index (χ4n) is 2.25. The lowest BCUT2D eigenvalue weighted by Gasteiger charge is -2.31. The fraction of sp³-hybridized carbons (Fsp3) is 0.429. The van der Waals surface area contributed by atoms with Crippen molar-refractivity contribution in [2.45, 2.75) is 31.2 Å². The van der Waals surface area contributed by atoms with E-state index in [1.807, 2.05) is 0 Å². The van der Waals surface area contributed by atoms with Crippen molar-refractivity contribution in [3.8, 4) is 0 Å². The quantitative estimate of drug-likeness (QED) is 0.540. The van der Waals surface area contributed by atoms with Crippen molar-refractivity contribution < 1.29 is 33.4 Å². The molecule has 0 amide bonds. The van der Waals surface area contributed by atoms with Gasteiger partial charge in [0.2, 0.25) is 0 Å². The first kappa shape index (κ1) is 19.4. The Labute approximate surface area is 132 Å². The maximum absolute atomic E-state index is 14.1. The van der Waals surface area contributed by atoms with Crippen LogP contribution in [0.25, 0.3) is 0 Å². The number of carbonyl (C=O) groups excluding carboxylic acids is 1. The lowest BCUT2D eigenvalue weighted by molar-refractivity contribution is -0.145. The summed E-state index contributed by atoms with van der Waals surface area (Å²) in [5.41, 5.74) is 1.48. The van der Waals surface area contributed by atoms with Crippen LogP contribution in [0.2, 0.25) is 0 Å². The van der Waals surface area contributed by atoms with Gasteiger partial charge < -0.3 is 20.6 Å². The first-order chi connectivity index (χ1) is 10.3. The van der Waals surface area contributed by atoms with E-state index in [2.05, 4.69) is 0 Å². The van der Waals surface area contributed by atoms with Crippen molar-refractivity contribution in [3.63, 3.8) is 0 Å². The minimum absolute atomic E-state index is 0.213. The molecule has 0 spiro atoms. The minimum atomic E-state index is -4.69. The van der Waals surface area contributed by atoms with Gasteiger partial charge in [-0.05, 0) is 19.9 Å². The van der Waals surface area contributed by atoms with E-state index in [1.165, 1.54) is 25.1 Å². The molecule has 0 saturated heterocycles. The van der Waals surface area contributed by atoms with Crippen LogP contribution >= 0.6 is 7.60 Å². The highest BCUT2D eigenvalue weighted by Gasteiger charge is 2.45. The molecular formula is C14H19FNO6P. The first-order valence-electron chi connectivity index (χ1n) is 6.65. The molecule has 5 N–H and O–H groups in total. The molecule has 0 bridgehead atoms. The second kappa shape index (κ2) is 6.49. The van der Waals surface area contributed by atoms with E-state index in [0.717, 1.165) is 13.0 Å². The Balaban J connectivity index is 3.36. The molecule has 0 aliphatic heterocycles.